The Hall–Kier alpha value is -0.520. The minimum atomic E-state index is -1.56. The summed E-state index contributed by atoms with van der Waals surface area (Å²) < 4.78 is 31.4. The van der Waals surface area contributed by atoms with Crippen LogP contribution in [0.15, 0.2) is 0 Å². The molecule has 0 unspecified atom stereocenters. The number of fused-ring (bicyclic) bond motifs is 4. The van der Waals surface area contributed by atoms with Crippen molar-refractivity contribution in [2.24, 2.45) is 50.7 Å². The molecule has 8 aliphatic rings. The smallest absolute Gasteiger partial charge is 0.186 e. The minimum absolute atomic E-state index is 0.00209. The lowest BCUT2D eigenvalue weighted by Gasteiger charge is -2.65. The molecular formula is C37H60O13. The van der Waals surface area contributed by atoms with Crippen LogP contribution in [0.1, 0.15) is 86.0 Å². The summed E-state index contributed by atoms with van der Waals surface area (Å²) in [6, 6.07) is 0. The van der Waals surface area contributed by atoms with E-state index in [1.807, 2.05) is 0 Å². The zero-order valence-electron chi connectivity index (χ0n) is 30.0. The Bertz CT molecular complexity index is 1300. The van der Waals surface area contributed by atoms with Crippen LogP contribution in [0, 0.1) is 50.7 Å². The Kier molecular flexibility index (Phi) is 8.74. The molecule has 5 aliphatic carbocycles. The Balaban J connectivity index is 1.16. The first-order valence-electron chi connectivity index (χ1n) is 19.1. The normalized spacial score (nSPS) is 61.3. The van der Waals surface area contributed by atoms with Crippen molar-refractivity contribution in [1.29, 1.82) is 0 Å². The van der Waals surface area contributed by atoms with Gasteiger partial charge in [0.2, 0.25) is 0 Å². The van der Waals surface area contributed by atoms with Gasteiger partial charge in [0.05, 0.1) is 31.5 Å². The molecule has 2 spiro atoms. The van der Waals surface area contributed by atoms with Gasteiger partial charge in [-0.2, -0.15) is 0 Å². The van der Waals surface area contributed by atoms with Crippen LogP contribution in [0.2, 0.25) is 0 Å². The number of ether oxygens (including phenoxy) is 5. The average molecular weight is 713 g/mol. The molecule has 13 heteroatoms. The van der Waals surface area contributed by atoms with E-state index in [1.54, 1.807) is 0 Å². The second-order valence-corrected chi connectivity index (χ2v) is 18.8. The van der Waals surface area contributed by atoms with Gasteiger partial charge in [-0.15, -0.1) is 0 Å². The first kappa shape index (κ1) is 36.5. The molecule has 0 bridgehead atoms. The van der Waals surface area contributed by atoms with Crippen molar-refractivity contribution in [2.45, 2.75) is 166 Å². The van der Waals surface area contributed by atoms with E-state index >= 15 is 0 Å². The van der Waals surface area contributed by atoms with Crippen molar-refractivity contribution in [2.75, 3.05) is 13.2 Å². The van der Waals surface area contributed by atoms with E-state index in [2.05, 4.69) is 34.6 Å². The van der Waals surface area contributed by atoms with Crippen molar-refractivity contribution >= 4 is 0 Å². The molecule has 3 saturated heterocycles. The Morgan fingerprint density at radius 2 is 1.46 bits per heavy atom. The van der Waals surface area contributed by atoms with Gasteiger partial charge in [0, 0.05) is 6.42 Å². The van der Waals surface area contributed by atoms with Crippen LogP contribution >= 0.6 is 0 Å². The molecule has 286 valence electrons. The molecule has 8 rings (SSSR count). The quantitative estimate of drug-likeness (QED) is 0.182. The molecular weight excluding hydrogens is 652 g/mol. The molecule has 50 heavy (non-hydrogen) atoms. The van der Waals surface area contributed by atoms with Crippen molar-refractivity contribution in [3.8, 4) is 0 Å². The third kappa shape index (κ3) is 4.78. The second-order valence-electron chi connectivity index (χ2n) is 18.8. The maximum atomic E-state index is 11.2. The Labute approximate surface area is 294 Å². The second kappa shape index (κ2) is 12.0. The van der Waals surface area contributed by atoms with E-state index in [-0.39, 0.29) is 64.1 Å². The van der Waals surface area contributed by atoms with Crippen molar-refractivity contribution < 1.29 is 64.5 Å². The maximum Gasteiger partial charge on any atom is 0.186 e. The number of aliphatic hydroxyl groups is 8. The third-order valence-corrected chi connectivity index (χ3v) is 16.5. The van der Waals surface area contributed by atoms with Crippen molar-refractivity contribution in [3.63, 3.8) is 0 Å². The van der Waals surface area contributed by atoms with Gasteiger partial charge < -0.3 is 64.5 Å². The van der Waals surface area contributed by atoms with Crippen molar-refractivity contribution in [1.82, 2.24) is 0 Å². The third-order valence-electron chi connectivity index (χ3n) is 16.5. The fourth-order valence-corrected chi connectivity index (χ4v) is 14.0. The highest BCUT2D eigenvalue weighted by Crippen LogP contribution is 2.89. The summed E-state index contributed by atoms with van der Waals surface area (Å²) in [4.78, 5) is 0. The highest BCUT2D eigenvalue weighted by atomic mass is 16.7. The van der Waals surface area contributed by atoms with Gasteiger partial charge in [-0.3, -0.25) is 0 Å². The fraction of sp³-hybridized carbons (Fsp3) is 1.00. The van der Waals surface area contributed by atoms with Crippen LogP contribution < -0.4 is 0 Å². The van der Waals surface area contributed by atoms with Gasteiger partial charge >= 0.3 is 0 Å². The van der Waals surface area contributed by atoms with Crippen LogP contribution in [0.5, 0.6) is 0 Å². The summed E-state index contributed by atoms with van der Waals surface area (Å²) in [5.74, 6) is 0.696. The first-order valence-corrected chi connectivity index (χ1v) is 19.1. The SMILES string of the molecule is C[C@@H]1C[C@H](O)O[C@H]2C[C@@]3(C)[C@@H]4[C@@H](O[C@H]5O[C@@H](CO)[C@H](O)[C@@H](O)[C@@H]5O)C[C@@H]5C(C)(C)[C@@H](O[C@@H]6OC[C@@H](O)[C@H](O)[C@H]6O)CC[C@@]56C[C@@]46CC[C@]3(C)[C@@H]12. The molecule has 3 aliphatic heterocycles. The largest absolute Gasteiger partial charge is 0.394 e. The molecule has 13 nitrogen and oxygen atoms in total. The summed E-state index contributed by atoms with van der Waals surface area (Å²) in [7, 11) is 0. The zero-order valence-corrected chi connectivity index (χ0v) is 30.0. The number of hydrogen-bond acceptors (Lipinski definition) is 13. The van der Waals surface area contributed by atoms with E-state index in [1.165, 1.54) is 0 Å². The number of hydrogen-bond donors (Lipinski definition) is 8. The molecule has 0 aromatic heterocycles. The molecule has 0 aromatic carbocycles. The monoisotopic (exact) mass is 712 g/mol. The van der Waals surface area contributed by atoms with Gasteiger partial charge in [-0.1, -0.05) is 34.6 Å². The summed E-state index contributed by atoms with van der Waals surface area (Å²) in [5.41, 5.74) is -0.859. The van der Waals surface area contributed by atoms with Gasteiger partial charge in [0.25, 0.3) is 0 Å². The molecule has 5 saturated carbocycles. The maximum absolute atomic E-state index is 11.2. The van der Waals surface area contributed by atoms with E-state index in [4.69, 9.17) is 23.7 Å². The summed E-state index contributed by atoms with van der Waals surface area (Å²) in [6.07, 6.45) is -6.88. The fourth-order valence-electron chi connectivity index (χ4n) is 14.0. The van der Waals surface area contributed by atoms with Gasteiger partial charge in [-0.25, -0.2) is 0 Å². The number of aliphatic hydroxyl groups excluding tert-OH is 8. The molecule has 3 heterocycles. The van der Waals surface area contributed by atoms with E-state index in [0.29, 0.717) is 12.8 Å². The van der Waals surface area contributed by atoms with E-state index < -0.39 is 79.7 Å². The van der Waals surface area contributed by atoms with Crippen LogP contribution in [-0.4, -0.2) is 134 Å². The van der Waals surface area contributed by atoms with E-state index in [9.17, 15) is 40.9 Å². The molecule has 8 fully saturated rings. The predicted octanol–water partition coefficient (Wildman–Crippen LogP) is 0.398. The van der Waals surface area contributed by atoms with Crippen LogP contribution in [0.4, 0.5) is 0 Å². The average Bonchev–Trinajstić information content (AvgIpc) is 3.64. The summed E-state index contributed by atoms with van der Waals surface area (Å²) in [5, 5.41) is 84.3. The van der Waals surface area contributed by atoms with E-state index in [0.717, 1.165) is 38.5 Å². The lowest BCUT2D eigenvalue weighted by atomic mass is 9.41. The summed E-state index contributed by atoms with van der Waals surface area (Å²) in [6.45, 7) is 10.7. The standard InChI is InChI=1S/C37H60O13/c1-16-10-23(40)47-19-12-35(5)30-18(48-32-29(45)27(43)26(42)20(13-38)49-32)11-21-33(2,3)22(50-31-28(44)25(41)17(39)14-46-31)6-7-36(21)15-37(30,36)9-8-34(35,4)24(16)19/h16-32,38-45H,6-15H2,1-5H3/t16-,17-,18+,19+,20+,21-,22+,23-,24+,25+,26+,27-,28-,29+,30+,31+,32+,34-,35+,36-,37+/m1/s1. The zero-order chi connectivity index (χ0) is 35.9. The molecule has 21 atom stereocenters. The summed E-state index contributed by atoms with van der Waals surface area (Å²) >= 11 is 0. The van der Waals surface area contributed by atoms with Gasteiger partial charge in [0.15, 0.2) is 18.9 Å². The molecule has 8 N–H and O–H groups in total. The predicted molar refractivity (Wildman–Crippen MR) is 174 cm³/mol. The highest BCUT2D eigenvalue weighted by Gasteiger charge is 2.85. The Morgan fingerprint density at radius 3 is 2.18 bits per heavy atom. The molecule has 0 aromatic rings. The van der Waals surface area contributed by atoms with Gasteiger partial charge in [0.1, 0.15) is 42.7 Å². The molecule has 0 amide bonds. The number of rotatable bonds is 5. The topological polar surface area (TPSA) is 208 Å². The van der Waals surface area contributed by atoms with Gasteiger partial charge in [-0.05, 0) is 95.7 Å². The first-order chi connectivity index (χ1) is 23.5. The van der Waals surface area contributed by atoms with Crippen molar-refractivity contribution in [3.05, 3.63) is 0 Å². The Morgan fingerprint density at radius 1 is 0.740 bits per heavy atom. The highest BCUT2D eigenvalue weighted by molar-refractivity contribution is 5.33. The molecule has 0 radical (unpaired) electrons. The van der Waals surface area contributed by atoms with Crippen LogP contribution in [0.25, 0.3) is 0 Å². The minimum Gasteiger partial charge on any atom is -0.394 e. The lowest BCUT2D eigenvalue weighted by Crippen LogP contribution is -2.65. The van der Waals surface area contributed by atoms with Crippen LogP contribution in [-0.2, 0) is 23.7 Å². The lowest BCUT2D eigenvalue weighted by molar-refractivity contribution is -0.335. The van der Waals surface area contributed by atoms with Crippen LogP contribution in [0.3, 0.4) is 0 Å².